The molecule has 0 aliphatic heterocycles. The van der Waals surface area contributed by atoms with Gasteiger partial charge in [0.2, 0.25) is 0 Å². The average molecular weight is 350 g/mol. The summed E-state index contributed by atoms with van der Waals surface area (Å²) in [6.07, 6.45) is 3.23. The lowest BCUT2D eigenvalue weighted by Gasteiger charge is -2.23. The number of ether oxygens (including phenoxy) is 2. The molecule has 0 N–H and O–H groups in total. The molecule has 0 aliphatic rings. The lowest BCUT2D eigenvalue weighted by Crippen LogP contribution is -3.00. The number of methoxy groups -OCH3 is 1. The number of hydrogen-bond donors (Lipinski definition) is 0. The van der Waals surface area contributed by atoms with Crippen LogP contribution in [0.2, 0.25) is 0 Å². The summed E-state index contributed by atoms with van der Waals surface area (Å²) < 4.78 is 10.3. The first kappa shape index (κ1) is 26.6. The summed E-state index contributed by atoms with van der Waals surface area (Å²) in [6, 6.07) is 0. The van der Waals surface area contributed by atoms with Gasteiger partial charge in [-0.15, -0.1) is 0 Å². The maximum Gasteiger partial charge on any atom is 0.333 e. The summed E-state index contributed by atoms with van der Waals surface area (Å²) in [5, 5.41) is 0. The van der Waals surface area contributed by atoms with Crippen LogP contribution < -0.4 is 12.4 Å². The van der Waals surface area contributed by atoms with Gasteiger partial charge in [-0.2, -0.15) is 0 Å². The first-order valence-corrected chi connectivity index (χ1v) is 7.38. The summed E-state index contributed by atoms with van der Waals surface area (Å²) in [6.45, 7) is 11.8. The van der Waals surface area contributed by atoms with Crippen molar-refractivity contribution < 1.29 is 36.0 Å². The molecule has 0 aliphatic carbocycles. The van der Waals surface area contributed by atoms with E-state index in [1.165, 1.54) is 13.5 Å². The number of quaternary nitrogens is 1. The van der Waals surface area contributed by atoms with Crippen LogP contribution >= 0.6 is 0 Å². The molecule has 0 atom stereocenters. The highest BCUT2D eigenvalue weighted by molar-refractivity contribution is 5.87. The number of unbranched alkanes of at least 4 members (excludes halogenated alkanes) is 2. The minimum Gasteiger partial charge on any atom is -1.00 e. The predicted molar refractivity (Wildman–Crippen MR) is 89.4 cm³/mol. The summed E-state index contributed by atoms with van der Waals surface area (Å²) in [5.41, 5.74) is 0.906. The van der Waals surface area contributed by atoms with E-state index in [0.717, 1.165) is 23.9 Å². The summed E-state index contributed by atoms with van der Waals surface area (Å²) >= 11 is 0. The zero-order chi connectivity index (χ0) is 17.8. The van der Waals surface area contributed by atoms with Crippen molar-refractivity contribution in [2.45, 2.75) is 33.1 Å². The fourth-order valence-corrected chi connectivity index (χ4v) is 1.33. The van der Waals surface area contributed by atoms with Crippen LogP contribution in [0.25, 0.3) is 0 Å². The van der Waals surface area contributed by atoms with Crippen molar-refractivity contribution >= 4 is 11.9 Å². The van der Waals surface area contributed by atoms with Gasteiger partial charge in [-0.3, -0.25) is 0 Å². The third-order valence-electron chi connectivity index (χ3n) is 2.59. The van der Waals surface area contributed by atoms with Gasteiger partial charge < -0.3 is 26.4 Å². The molecule has 0 aromatic carbocycles. The van der Waals surface area contributed by atoms with Gasteiger partial charge in [0.05, 0.1) is 41.4 Å². The molecule has 0 aromatic rings. The van der Waals surface area contributed by atoms with Crippen LogP contribution in [0.4, 0.5) is 0 Å². The lowest BCUT2D eigenvalue weighted by molar-refractivity contribution is -0.870. The van der Waals surface area contributed by atoms with E-state index in [2.05, 4.69) is 39.0 Å². The Labute approximate surface area is 147 Å². The molecule has 0 fully saturated rings. The molecule has 0 radical (unpaired) electrons. The Bertz CT molecular complexity index is 387. The lowest BCUT2D eigenvalue weighted by atomic mass is 10.2. The quantitative estimate of drug-likeness (QED) is 0.262. The number of nitrogens with zero attached hydrogens (tertiary/aromatic N) is 1. The number of rotatable bonds is 8. The Kier molecular flexibility index (Phi) is 16.5. The highest BCUT2D eigenvalue weighted by Gasteiger charge is 2.06. The molecule has 0 spiro atoms. The molecule has 0 amide bonds. The van der Waals surface area contributed by atoms with Crippen molar-refractivity contribution in [3.63, 3.8) is 0 Å². The van der Waals surface area contributed by atoms with Gasteiger partial charge >= 0.3 is 11.9 Å². The van der Waals surface area contributed by atoms with Crippen LogP contribution in [0.15, 0.2) is 24.3 Å². The van der Waals surface area contributed by atoms with E-state index >= 15 is 0 Å². The van der Waals surface area contributed by atoms with Crippen LogP contribution in [-0.2, 0) is 19.1 Å². The van der Waals surface area contributed by atoms with Crippen molar-refractivity contribution in [2.75, 3.05) is 41.4 Å². The second-order valence-corrected chi connectivity index (χ2v) is 6.26. The number of hydrogen-bond acceptors (Lipinski definition) is 4. The minimum atomic E-state index is -0.347. The van der Waals surface area contributed by atoms with Gasteiger partial charge in [0.15, 0.2) is 0 Å². The molecule has 6 heteroatoms. The maximum atomic E-state index is 11.0. The molecular formula is C17H32ClNO4. The molecule has 0 bridgehead atoms. The van der Waals surface area contributed by atoms with Gasteiger partial charge in [0.25, 0.3) is 0 Å². The maximum absolute atomic E-state index is 11.0. The van der Waals surface area contributed by atoms with E-state index < -0.39 is 0 Å². The molecule has 136 valence electrons. The molecule has 0 heterocycles. The van der Waals surface area contributed by atoms with E-state index in [4.69, 9.17) is 4.74 Å². The second kappa shape index (κ2) is 14.3. The van der Waals surface area contributed by atoms with Gasteiger partial charge in [-0.1, -0.05) is 13.2 Å². The highest BCUT2D eigenvalue weighted by Crippen LogP contribution is 2.02. The summed E-state index contributed by atoms with van der Waals surface area (Å²) in [5.74, 6) is -0.624. The topological polar surface area (TPSA) is 52.6 Å². The van der Waals surface area contributed by atoms with Crippen molar-refractivity contribution in [1.29, 1.82) is 0 Å². The molecular weight excluding hydrogens is 318 g/mol. The minimum absolute atomic E-state index is 0. The van der Waals surface area contributed by atoms with E-state index in [1.807, 2.05) is 0 Å². The third-order valence-corrected chi connectivity index (χ3v) is 2.59. The first-order chi connectivity index (χ1) is 10.0. The SMILES string of the molecule is C=C(C)C(=O)OC.C=C(C)C(=O)OCCCCC[N+](C)(C)C.[Cl-]. The summed E-state index contributed by atoms with van der Waals surface area (Å²) in [4.78, 5) is 21.2. The smallest absolute Gasteiger partial charge is 0.333 e. The molecule has 5 nitrogen and oxygen atoms in total. The molecule has 0 aromatic heterocycles. The molecule has 23 heavy (non-hydrogen) atoms. The van der Waals surface area contributed by atoms with Gasteiger partial charge in [0.1, 0.15) is 0 Å². The number of carbonyl (C=O) groups excluding carboxylic acids is 2. The zero-order valence-corrected chi connectivity index (χ0v) is 16.2. The average Bonchev–Trinajstić information content (AvgIpc) is 2.40. The van der Waals surface area contributed by atoms with Crippen molar-refractivity contribution in [1.82, 2.24) is 0 Å². The predicted octanol–water partition coefficient (Wildman–Crippen LogP) is -0.278. The molecule has 0 rings (SSSR count). The van der Waals surface area contributed by atoms with Gasteiger partial charge in [0, 0.05) is 11.1 Å². The van der Waals surface area contributed by atoms with Crippen LogP contribution in [0.1, 0.15) is 33.1 Å². The largest absolute Gasteiger partial charge is 1.00 e. The normalized spacial score (nSPS) is 9.65. The van der Waals surface area contributed by atoms with Crippen LogP contribution in [0, 0.1) is 0 Å². The van der Waals surface area contributed by atoms with Crippen LogP contribution in [0.5, 0.6) is 0 Å². The Hall–Kier alpha value is -1.33. The van der Waals surface area contributed by atoms with E-state index in [9.17, 15) is 9.59 Å². The van der Waals surface area contributed by atoms with E-state index in [1.54, 1.807) is 13.8 Å². The van der Waals surface area contributed by atoms with Gasteiger partial charge in [-0.05, 0) is 33.1 Å². The number of carbonyl (C=O) groups is 2. The van der Waals surface area contributed by atoms with E-state index in [0.29, 0.717) is 17.8 Å². The van der Waals surface area contributed by atoms with Gasteiger partial charge in [-0.25, -0.2) is 9.59 Å². The number of esters is 2. The first-order valence-electron chi connectivity index (χ1n) is 7.38. The fourth-order valence-electron chi connectivity index (χ4n) is 1.33. The standard InChI is InChI=1S/C12H24NO2.C5H8O2.ClH/c1-11(2)12(14)15-10-8-6-7-9-13(3,4)5;1-4(2)5(6)7-3;/h1,6-10H2,2-5H3;1H2,2-3H3;1H/q+1;;/p-1. The molecule has 0 saturated carbocycles. The summed E-state index contributed by atoms with van der Waals surface area (Å²) in [7, 11) is 7.88. The third kappa shape index (κ3) is 20.7. The van der Waals surface area contributed by atoms with Crippen molar-refractivity contribution in [3.8, 4) is 0 Å². The second-order valence-electron chi connectivity index (χ2n) is 6.26. The molecule has 0 saturated heterocycles. The van der Waals surface area contributed by atoms with Crippen LogP contribution in [-0.4, -0.2) is 57.8 Å². The Morgan fingerprint density at radius 3 is 1.70 bits per heavy atom. The molecule has 0 unspecified atom stereocenters. The monoisotopic (exact) mass is 349 g/mol. The Balaban J connectivity index is -0.000000425. The van der Waals surface area contributed by atoms with Crippen molar-refractivity contribution in [2.24, 2.45) is 0 Å². The zero-order valence-electron chi connectivity index (χ0n) is 15.4. The Morgan fingerprint density at radius 1 is 0.913 bits per heavy atom. The van der Waals surface area contributed by atoms with Crippen LogP contribution in [0.3, 0.4) is 0 Å². The number of halogens is 1. The Morgan fingerprint density at radius 2 is 1.39 bits per heavy atom. The highest BCUT2D eigenvalue weighted by atomic mass is 35.5. The van der Waals surface area contributed by atoms with E-state index in [-0.39, 0.29) is 24.3 Å². The van der Waals surface area contributed by atoms with Crippen molar-refractivity contribution in [3.05, 3.63) is 24.3 Å². The fraction of sp³-hybridized carbons (Fsp3) is 0.647.